The van der Waals surface area contributed by atoms with Crippen LogP contribution in [0, 0.1) is 0 Å². The molecule has 0 atom stereocenters. The quantitative estimate of drug-likeness (QED) is 0.611. The van der Waals surface area contributed by atoms with Crippen molar-refractivity contribution >= 4 is 20.0 Å². The van der Waals surface area contributed by atoms with Gasteiger partial charge in [-0.15, -0.1) is 0 Å². The normalized spacial score (nSPS) is 24.2. The van der Waals surface area contributed by atoms with Crippen molar-refractivity contribution < 1.29 is 16.8 Å². The minimum Gasteiger partial charge on any atom is -0.314 e. The first-order valence-corrected chi connectivity index (χ1v) is 10.6. The molecule has 0 bridgehead atoms. The van der Waals surface area contributed by atoms with E-state index in [2.05, 4.69) is 10.2 Å². The van der Waals surface area contributed by atoms with Gasteiger partial charge in [0, 0.05) is 58.9 Å². The third-order valence-electron chi connectivity index (χ3n) is 3.94. The summed E-state index contributed by atoms with van der Waals surface area (Å²) < 4.78 is 50.2. The highest BCUT2D eigenvalue weighted by atomic mass is 32.2. The summed E-state index contributed by atoms with van der Waals surface area (Å²) >= 11 is 0. The van der Waals surface area contributed by atoms with E-state index in [4.69, 9.17) is 0 Å². The lowest BCUT2D eigenvalue weighted by Gasteiger charge is -2.33. The predicted molar refractivity (Wildman–Crippen MR) is 81.1 cm³/mol. The summed E-state index contributed by atoms with van der Waals surface area (Å²) in [4.78, 5) is 2.14. The number of rotatable bonds is 5. The van der Waals surface area contributed by atoms with Crippen LogP contribution < -0.4 is 5.32 Å². The average molecular weight is 340 g/mol. The van der Waals surface area contributed by atoms with Crippen LogP contribution in [0.4, 0.5) is 0 Å². The number of nitrogens with one attached hydrogen (secondary N) is 1. The molecule has 0 radical (unpaired) electrons. The summed E-state index contributed by atoms with van der Waals surface area (Å²) in [5.41, 5.74) is 0. The Hall–Kier alpha value is -0.260. The van der Waals surface area contributed by atoms with Crippen molar-refractivity contribution in [3.05, 3.63) is 0 Å². The molecule has 2 rings (SSSR count). The maximum atomic E-state index is 12.3. The molecule has 0 unspecified atom stereocenters. The number of sulfonamides is 2. The molecule has 2 heterocycles. The average Bonchev–Trinajstić information content (AvgIpc) is 2.46. The van der Waals surface area contributed by atoms with Gasteiger partial charge in [0.15, 0.2) is 0 Å². The van der Waals surface area contributed by atoms with E-state index >= 15 is 0 Å². The summed E-state index contributed by atoms with van der Waals surface area (Å²) in [5, 5.41) is 3.23. The van der Waals surface area contributed by atoms with Crippen LogP contribution in [0.1, 0.15) is 0 Å². The van der Waals surface area contributed by atoms with Crippen molar-refractivity contribution in [2.24, 2.45) is 0 Å². The molecule has 0 aromatic heterocycles. The van der Waals surface area contributed by atoms with Crippen molar-refractivity contribution in [3.63, 3.8) is 0 Å². The predicted octanol–water partition coefficient (Wildman–Crippen LogP) is -2.20. The first kappa shape index (κ1) is 17.1. The lowest BCUT2D eigenvalue weighted by Crippen LogP contribution is -2.52. The molecule has 124 valence electrons. The van der Waals surface area contributed by atoms with E-state index in [0.29, 0.717) is 6.54 Å². The van der Waals surface area contributed by atoms with Crippen molar-refractivity contribution in [1.29, 1.82) is 0 Å². The second-order valence-electron chi connectivity index (χ2n) is 5.47. The van der Waals surface area contributed by atoms with E-state index in [1.165, 1.54) is 8.61 Å². The van der Waals surface area contributed by atoms with Crippen molar-refractivity contribution in [2.75, 3.05) is 70.9 Å². The van der Waals surface area contributed by atoms with E-state index in [0.717, 1.165) is 32.4 Å². The highest BCUT2D eigenvalue weighted by Gasteiger charge is 2.30. The molecular formula is C11H24N4O4S2. The summed E-state index contributed by atoms with van der Waals surface area (Å²) in [5.74, 6) is 0.103. The van der Waals surface area contributed by atoms with Gasteiger partial charge in [-0.05, 0) is 0 Å². The smallest absolute Gasteiger partial charge is 0.215 e. The van der Waals surface area contributed by atoms with Crippen LogP contribution in [0.3, 0.4) is 0 Å². The molecule has 10 heteroatoms. The van der Waals surface area contributed by atoms with Gasteiger partial charge in [0.05, 0.1) is 12.0 Å². The van der Waals surface area contributed by atoms with Crippen LogP contribution in [0.2, 0.25) is 0 Å². The molecular weight excluding hydrogens is 316 g/mol. The Kier molecular flexibility index (Phi) is 5.60. The number of hydrogen-bond donors (Lipinski definition) is 1. The van der Waals surface area contributed by atoms with Gasteiger partial charge in [0.2, 0.25) is 20.0 Å². The monoisotopic (exact) mass is 340 g/mol. The van der Waals surface area contributed by atoms with E-state index < -0.39 is 20.0 Å². The molecule has 8 nitrogen and oxygen atoms in total. The number of hydrogen-bond acceptors (Lipinski definition) is 6. The standard InChI is InChI=1S/C11H24N4O4S2/c1-20(16,17)14-6-8-15(9-7-14)21(18,19)11-10-13-4-2-12-3-5-13/h12H,2-11H2,1H3. The second kappa shape index (κ2) is 6.88. The van der Waals surface area contributed by atoms with Crippen LogP contribution >= 0.6 is 0 Å². The molecule has 2 aliphatic heterocycles. The van der Waals surface area contributed by atoms with Crippen LogP contribution in [-0.2, 0) is 20.0 Å². The summed E-state index contributed by atoms with van der Waals surface area (Å²) in [6, 6.07) is 0. The Labute approximate surface area is 127 Å². The third kappa shape index (κ3) is 4.86. The van der Waals surface area contributed by atoms with Gasteiger partial charge in [-0.1, -0.05) is 0 Å². The fourth-order valence-corrected chi connectivity index (χ4v) is 4.88. The SMILES string of the molecule is CS(=O)(=O)N1CCN(S(=O)(=O)CCN2CCNCC2)CC1. The Balaban J connectivity index is 1.83. The van der Waals surface area contributed by atoms with Gasteiger partial charge in [0.1, 0.15) is 0 Å². The molecule has 0 spiro atoms. The lowest BCUT2D eigenvalue weighted by atomic mass is 10.4. The highest BCUT2D eigenvalue weighted by molar-refractivity contribution is 7.89. The van der Waals surface area contributed by atoms with Gasteiger partial charge >= 0.3 is 0 Å². The van der Waals surface area contributed by atoms with Crippen LogP contribution in [-0.4, -0.2) is 101 Å². The number of nitrogens with zero attached hydrogens (tertiary/aromatic N) is 3. The zero-order chi connectivity index (χ0) is 15.5. The number of piperazine rings is 2. The minimum absolute atomic E-state index is 0.103. The van der Waals surface area contributed by atoms with Gasteiger partial charge < -0.3 is 5.32 Å². The van der Waals surface area contributed by atoms with Gasteiger partial charge in [-0.25, -0.2) is 16.8 Å². The van der Waals surface area contributed by atoms with Gasteiger partial charge in [0.25, 0.3) is 0 Å². The van der Waals surface area contributed by atoms with Crippen molar-refractivity contribution in [1.82, 2.24) is 18.8 Å². The lowest BCUT2D eigenvalue weighted by molar-refractivity contribution is 0.248. The molecule has 2 fully saturated rings. The summed E-state index contributed by atoms with van der Waals surface area (Å²) in [6.45, 7) is 5.05. The molecule has 0 aromatic rings. The van der Waals surface area contributed by atoms with E-state index in [1.807, 2.05) is 0 Å². The zero-order valence-electron chi connectivity index (χ0n) is 12.4. The van der Waals surface area contributed by atoms with Crippen molar-refractivity contribution in [2.45, 2.75) is 0 Å². The zero-order valence-corrected chi connectivity index (χ0v) is 14.0. The molecule has 0 amide bonds. The molecule has 2 aliphatic rings. The third-order valence-corrected chi connectivity index (χ3v) is 7.09. The second-order valence-corrected chi connectivity index (χ2v) is 9.54. The maximum absolute atomic E-state index is 12.3. The Bertz CT molecular complexity index is 535. The van der Waals surface area contributed by atoms with E-state index in [-0.39, 0.29) is 31.9 Å². The Morgan fingerprint density at radius 2 is 1.38 bits per heavy atom. The minimum atomic E-state index is -3.30. The molecule has 0 aliphatic carbocycles. The molecule has 2 saturated heterocycles. The molecule has 0 saturated carbocycles. The van der Waals surface area contributed by atoms with Gasteiger partial charge in [-0.3, -0.25) is 4.90 Å². The van der Waals surface area contributed by atoms with Crippen LogP contribution in [0.15, 0.2) is 0 Å². The van der Waals surface area contributed by atoms with Gasteiger partial charge in [-0.2, -0.15) is 8.61 Å². The van der Waals surface area contributed by atoms with Crippen molar-refractivity contribution in [3.8, 4) is 0 Å². The fraction of sp³-hybridized carbons (Fsp3) is 1.00. The van der Waals surface area contributed by atoms with Crippen LogP contribution in [0.25, 0.3) is 0 Å². The fourth-order valence-electron chi connectivity index (χ4n) is 2.59. The molecule has 1 N–H and O–H groups in total. The summed E-state index contributed by atoms with van der Waals surface area (Å²) in [7, 11) is -6.53. The molecule has 0 aromatic carbocycles. The Morgan fingerprint density at radius 1 is 0.857 bits per heavy atom. The van der Waals surface area contributed by atoms with E-state index in [1.54, 1.807) is 0 Å². The van der Waals surface area contributed by atoms with E-state index in [9.17, 15) is 16.8 Å². The topological polar surface area (TPSA) is 90.0 Å². The van der Waals surface area contributed by atoms with Crippen LogP contribution in [0.5, 0.6) is 0 Å². The summed E-state index contributed by atoms with van der Waals surface area (Å²) in [6.07, 6.45) is 1.15. The first-order chi connectivity index (χ1) is 9.79. The first-order valence-electron chi connectivity index (χ1n) is 7.15. The molecule has 21 heavy (non-hydrogen) atoms. The highest BCUT2D eigenvalue weighted by Crippen LogP contribution is 2.11. The largest absolute Gasteiger partial charge is 0.314 e. The maximum Gasteiger partial charge on any atom is 0.215 e. The Morgan fingerprint density at radius 3 is 1.90 bits per heavy atom.